The van der Waals surface area contributed by atoms with E-state index in [0.29, 0.717) is 57.8 Å². The monoisotopic (exact) mass is 1990 g/mol. The summed E-state index contributed by atoms with van der Waals surface area (Å²) in [6.07, 6.45) is 108. The molecule has 138 heavy (non-hydrogen) atoms. The molecule has 0 aromatic rings. The number of aliphatic carboxylic acids is 1. The first-order valence-electron chi connectivity index (χ1n) is 59.7. The van der Waals surface area contributed by atoms with Crippen LogP contribution in [0.4, 0.5) is 0 Å². The van der Waals surface area contributed by atoms with Crippen molar-refractivity contribution in [3.8, 4) is 0 Å². The second kappa shape index (κ2) is 117. The molecule has 7 atom stereocenters. The number of aliphatic hydroxyl groups is 2. The first-order valence-corrected chi connectivity index (χ1v) is 62.1. The number of aliphatic hydroxyl groups excluding tert-OH is 2. The van der Waals surface area contributed by atoms with Crippen molar-refractivity contribution in [2.45, 2.75) is 682 Å². The van der Waals surface area contributed by atoms with Crippen molar-refractivity contribution in [1.82, 2.24) is 0 Å². The maximum absolute atomic E-state index is 12.7. The summed E-state index contributed by atoms with van der Waals surface area (Å²) >= 11 is 4.37. The van der Waals surface area contributed by atoms with E-state index in [1.54, 1.807) is 12.2 Å². The molecule has 0 aromatic heterocycles. The highest BCUT2D eigenvalue weighted by Gasteiger charge is 2.22. The number of hydrogen-bond acceptors (Lipinski definition) is 16. The number of carbonyl (C=O) groups is 6. The Morgan fingerprint density at radius 1 is 0.290 bits per heavy atom. The molecular weight excluding hydrogens is 1760 g/mol. The van der Waals surface area contributed by atoms with Gasteiger partial charge in [-0.2, -0.15) is 0 Å². The number of carboxylic acids is 1. The molecule has 1 aliphatic rings. The highest BCUT2D eigenvalue weighted by Crippen LogP contribution is 2.28. The first kappa shape index (κ1) is 139. The average Bonchev–Trinajstić information content (AvgIpc) is 0.933. The van der Waals surface area contributed by atoms with Gasteiger partial charge in [0.1, 0.15) is 31.5 Å². The Kier molecular flexibility index (Phi) is 118. The lowest BCUT2D eigenvalue weighted by Gasteiger charge is -2.28. The molecule has 0 amide bonds. The second-order valence-electron chi connectivity index (χ2n) is 41.0. The van der Waals surface area contributed by atoms with Crippen molar-refractivity contribution < 1.29 is 77.2 Å². The van der Waals surface area contributed by atoms with Crippen molar-refractivity contribution in [3.05, 3.63) is 25.3 Å². The fourth-order valence-electron chi connectivity index (χ4n) is 18.6. The van der Waals surface area contributed by atoms with E-state index in [9.17, 15) is 39.0 Å². The van der Waals surface area contributed by atoms with Gasteiger partial charge in [-0.15, -0.1) is 0 Å². The number of ether oxygens (including phenoxy) is 7. The third-order valence-electron chi connectivity index (χ3n) is 27.4. The standard InChI is InChI=1S/C44H82O6.C39H74O5.C36H70O5.CH3PS/c1-4-7-9-23-31-40(32-25-19-15-11-13-17-21-27-35-42(45)47-38-6-3)49-43(46)36-28-22-18-14-12-16-20-26-34-41(33-24-10-8-5-2)50-44-37-29-30-39-48-44;1-4-7-9-23-29-36(40)30-24-19-15-11-13-18-22-28-34-39(42)44-37(31-25-10-8-5-2)32-26-20-16-12-14-17-21-27-33-38(41)43-35-6-3;1-3-5-7-21-27-33(37)28-22-17-13-9-12-16-20-26-32-36(40)41-34(29-23-8-6-4-2)30-24-18-14-10-11-15-19-25-31-35(38)39;1-2-3/h6,40-41,44H,3-5,7-39H2,1-2H3;6,36-37,40H,3-5,7-35H2,1-2H3;33-34,37H,3-32H2,1-2H3,(H,38,39);1H3. The lowest BCUT2D eigenvalue weighted by atomic mass is 10.0. The molecule has 1 heterocycles. The van der Waals surface area contributed by atoms with Gasteiger partial charge >= 0.3 is 35.8 Å². The molecular formula is C120H229O16PS. The molecule has 0 aromatic carbocycles. The summed E-state index contributed by atoms with van der Waals surface area (Å²) in [5.41, 5.74) is 0. The minimum Gasteiger partial charge on any atom is -0.481 e. The van der Waals surface area contributed by atoms with E-state index in [1.807, 2.05) is 6.66 Å². The Hall–Kier alpha value is -3.34. The first-order chi connectivity index (χ1) is 67.5. The molecule has 1 saturated heterocycles. The van der Waals surface area contributed by atoms with Crippen LogP contribution in [-0.4, -0.2) is 121 Å². The van der Waals surface area contributed by atoms with E-state index in [1.165, 1.54) is 353 Å². The lowest BCUT2D eigenvalue weighted by molar-refractivity contribution is -0.190. The van der Waals surface area contributed by atoms with Crippen molar-refractivity contribution in [2.75, 3.05) is 26.5 Å². The highest BCUT2D eigenvalue weighted by atomic mass is 32.4. The molecule has 0 saturated carbocycles. The van der Waals surface area contributed by atoms with Crippen LogP contribution in [0, 0.1) is 0 Å². The van der Waals surface area contributed by atoms with Gasteiger partial charge in [0, 0.05) is 45.1 Å². The number of carbonyl (C=O) groups excluding carboxylic acids is 5. The zero-order valence-electron chi connectivity index (χ0n) is 92.0. The second-order valence-corrected chi connectivity index (χ2v) is 42.5. The molecule has 0 radical (unpaired) electrons. The number of rotatable bonds is 105. The summed E-state index contributed by atoms with van der Waals surface area (Å²) in [5.74, 6) is -0.895. The third-order valence-corrected chi connectivity index (χ3v) is 27.4. The highest BCUT2D eigenvalue weighted by molar-refractivity contribution is 7.96. The smallest absolute Gasteiger partial charge is 0.306 e. The van der Waals surface area contributed by atoms with Crippen LogP contribution in [-0.2, 0) is 73.7 Å². The molecule has 16 nitrogen and oxygen atoms in total. The normalized spacial score (nSPS) is 13.7. The number of carboxylic acid groups (broad SMARTS) is 1. The maximum atomic E-state index is 12.7. The van der Waals surface area contributed by atoms with Gasteiger partial charge in [-0.1, -0.05) is 464 Å². The predicted octanol–water partition coefficient (Wildman–Crippen LogP) is 37.1. The van der Waals surface area contributed by atoms with E-state index in [4.69, 9.17) is 38.3 Å². The van der Waals surface area contributed by atoms with Gasteiger partial charge in [0.05, 0.1) is 18.3 Å². The number of esters is 5. The summed E-state index contributed by atoms with van der Waals surface area (Å²) in [7, 11) is 1.00. The van der Waals surface area contributed by atoms with Crippen LogP contribution in [0.25, 0.3) is 0 Å². The predicted molar refractivity (Wildman–Crippen MR) is 590 cm³/mol. The third kappa shape index (κ3) is 113. The summed E-state index contributed by atoms with van der Waals surface area (Å²) in [6, 6.07) is 0. The molecule has 1 rings (SSSR count). The van der Waals surface area contributed by atoms with Crippen LogP contribution in [0.15, 0.2) is 25.3 Å². The molecule has 0 spiro atoms. The van der Waals surface area contributed by atoms with E-state index >= 15 is 0 Å². The molecule has 3 N–H and O–H groups in total. The molecule has 0 bridgehead atoms. The van der Waals surface area contributed by atoms with Crippen molar-refractivity contribution in [2.24, 2.45) is 0 Å². The zero-order valence-corrected chi connectivity index (χ0v) is 93.7. The van der Waals surface area contributed by atoms with Crippen molar-refractivity contribution in [1.29, 1.82) is 0 Å². The maximum Gasteiger partial charge on any atom is 0.306 e. The van der Waals surface area contributed by atoms with E-state index < -0.39 is 5.97 Å². The molecule has 1 fully saturated rings. The van der Waals surface area contributed by atoms with Crippen LogP contribution in [0.5, 0.6) is 0 Å². The zero-order chi connectivity index (χ0) is 101. The van der Waals surface area contributed by atoms with Gasteiger partial charge in [-0.3, -0.25) is 28.8 Å². The van der Waals surface area contributed by atoms with Gasteiger partial charge in [0.15, 0.2) is 6.29 Å². The fraction of sp³-hybridized carbons (Fsp3) is 0.917. The average molecular weight is 1990 g/mol. The molecule has 7 unspecified atom stereocenters. The van der Waals surface area contributed by atoms with Gasteiger partial charge in [-0.25, -0.2) is 0 Å². The van der Waals surface area contributed by atoms with Gasteiger partial charge in [0.25, 0.3) is 0 Å². The number of unbranched alkanes of at least 4 members (excludes halogenated alkanes) is 60. The summed E-state index contributed by atoms with van der Waals surface area (Å²) < 4.78 is 40.3. The Labute approximate surface area is 860 Å². The largest absolute Gasteiger partial charge is 0.481 e. The molecule has 1 aliphatic heterocycles. The minimum absolute atomic E-state index is 0.0000965. The van der Waals surface area contributed by atoms with E-state index in [0.717, 1.165) is 219 Å². The Balaban J connectivity index is -0.00000196. The van der Waals surface area contributed by atoms with E-state index in [-0.39, 0.29) is 66.7 Å². The van der Waals surface area contributed by atoms with Crippen molar-refractivity contribution in [3.63, 3.8) is 0 Å². The number of hydrogen-bond donors (Lipinski definition) is 3. The fourth-order valence-corrected chi connectivity index (χ4v) is 18.6. The molecule has 0 aliphatic carbocycles. The Bertz CT molecular complexity index is 2550. The van der Waals surface area contributed by atoms with Gasteiger partial charge in [-0.05, 0) is 187 Å². The van der Waals surface area contributed by atoms with Gasteiger partial charge < -0.3 is 48.5 Å². The quantitative estimate of drug-likeness (QED) is 0.0169. The van der Waals surface area contributed by atoms with Crippen LogP contribution in [0.1, 0.15) is 639 Å². The SMILES string of the molecule is C=CCOC(=O)CCCCCCCCCCC(CCCCCC)OC(=O)CCCCCCCCCCC(CCCCCC)OC1CCCCO1.C=CCOC(=O)CCCCCCCCCCC(CCCCCC)OC(=O)CCCCCCCCCCC(O)CCCCCC.CCCCCCC(O)CCCCCCCCCCC(=O)OC(CCCCCC)CCCCCCCCCCC(=O)O.CP=S. The summed E-state index contributed by atoms with van der Waals surface area (Å²) in [5, 5.41) is 28.9. The topological polar surface area (TPSA) is 228 Å². The van der Waals surface area contributed by atoms with Crippen LogP contribution in [0.2, 0.25) is 0 Å². The van der Waals surface area contributed by atoms with Crippen LogP contribution in [0.3, 0.4) is 0 Å². The Morgan fingerprint density at radius 3 is 0.681 bits per heavy atom. The van der Waals surface area contributed by atoms with E-state index in [2.05, 4.69) is 66.5 Å². The van der Waals surface area contributed by atoms with Crippen LogP contribution >= 0.6 is 7.36 Å². The molecule has 18 heteroatoms. The van der Waals surface area contributed by atoms with Gasteiger partial charge in [0.2, 0.25) is 0 Å². The van der Waals surface area contributed by atoms with Crippen molar-refractivity contribution >= 4 is 55.0 Å². The molecule has 816 valence electrons. The lowest BCUT2D eigenvalue weighted by Crippen LogP contribution is -2.28. The summed E-state index contributed by atoms with van der Waals surface area (Å²) in [4.78, 5) is 71.4. The Morgan fingerprint density at radius 2 is 0.478 bits per heavy atom. The minimum atomic E-state index is -0.687. The van der Waals surface area contributed by atoms with Crippen LogP contribution < -0.4 is 0 Å². The summed E-state index contributed by atoms with van der Waals surface area (Å²) in [6.45, 7) is 24.0.